The second kappa shape index (κ2) is 46.6. The number of aliphatic hydroxyl groups is 6. The van der Waals surface area contributed by atoms with E-state index in [-0.39, 0.29) is 39.6 Å². The van der Waals surface area contributed by atoms with Gasteiger partial charge in [0.15, 0.2) is 0 Å². The Morgan fingerprint density at radius 3 is 0.625 bits per heavy atom. The maximum Gasteiger partial charge on any atom is 0.0712 e. The van der Waals surface area contributed by atoms with Crippen molar-refractivity contribution in [2.75, 3.05) is 53.9 Å². The lowest BCUT2D eigenvalue weighted by atomic mass is 10.8. The Labute approximate surface area is 95.2 Å². The Balaban J connectivity index is -0.0000000600. The van der Waals surface area contributed by atoms with Gasteiger partial charge in [-0.2, -0.15) is 0 Å². The summed E-state index contributed by atoms with van der Waals surface area (Å²) in [6.45, 7) is -0.750. The van der Waals surface area contributed by atoms with Crippen LogP contribution in [0.1, 0.15) is 0 Å². The molecule has 0 aliphatic carbocycles. The van der Waals surface area contributed by atoms with Gasteiger partial charge in [0.25, 0.3) is 0 Å². The van der Waals surface area contributed by atoms with Gasteiger partial charge < -0.3 is 30.6 Å². The molecule has 0 spiro atoms. The molecule has 0 radical (unpaired) electrons. The molecule has 0 bridgehead atoms. The summed E-state index contributed by atoms with van der Waals surface area (Å²) in [5, 5.41) is 45.8. The highest BCUT2D eigenvalue weighted by atomic mass is 17.2. The molecule has 0 saturated heterocycles. The SMILES string of the molecule is COOC.OCCO.OCCO.OCCO. The Hall–Kier alpha value is -0.320. The molecule has 0 atom stereocenters. The minimum atomic E-state index is -0.125. The molecule has 0 aliphatic heterocycles. The van der Waals surface area contributed by atoms with Crippen LogP contribution in [0.2, 0.25) is 0 Å². The fraction of sp³-hybridized carbons (Fsp3) is 1.00. The van der Waals surface area contributed by atoms with Crippen molar-refractivity contribution >= 4 is 0 Å². The largest absolute Gasteiger partial charge is 0.394 e. The zero-order chi connectivity index (χ0) is 13.7. The average Bonchev–Trinajstić information content (AvgIpc) is 2.39. The fourth-order valence-electron chi connectivity index (χ4n) is 0. The first-order valence-electron chi connectivity index (χ1n) is 4.38. The van der Waals surface area contributed by atoms with E-state index >= 15 is 0 Å². The third-order valence-corrected chi connectivity index (χ3v) is 0.467. The van der Waals surface area contributed by atoms with Crippen molar-refractivity contribution in [3.05, 3.63) is 0 Å². The standard InChI is InChI=1S/4C2H6O2/c1-3-4-2;3*3-1-2-4/h1-2H3;3*3-4H,1-2H2. The highest BCUT2D eigenvalue weighted by molar-refractivity contribution is 4.07. The van der Waals surface area contributed by atoms with E-state index < -0.39 is 0 Å². The molecule has 0 aromatic rings. The zero-order valence-electron chi connectivity index (χ0n) is 9.74. The van der Waals surface area contributed by atoms with E-state index in [0.29, 0.717) is 0 Å². The van der Waals surface area contributed by atoms with Gasteiger partial charge in [-0.1, -0.05) is 0 Å². The predicted molar refractivity (Wildman–Crippen MR) is 56.5 cm³/mol. The predicted octanol–water partition coefficient (Wildman–Crippen LogP) is -2.89. The van der Waals surface area contributed by atoms with Gasteiger partial charge in [0.2, 0.25) is 0 Å². The quantitative estimate of drug-likeness (QED) is 0.230. The molecule has 8 nitrogen and oxygen atoms in total. The minimum absolute atomic E-state index is 0.125. The topological polar surface area (TPSA) is 140 Å². The van der Waals surface area contributed by atoms with E-state index in [9.17, 15) is 0 Å². The molecule has 0 rings (SSSR count). The third kappa shape index (κ3) is 162. The second-order valence-corrected chi connectivity index (χ2v) is 1.67. The van der Waals surface area contributed by atoms with Crippen molar-refractivity contribution in [3.63, 3.8) is 0 Å². The van der Waals surface area contributed by atoms with E-state index in [1.54, 1.807) is 0 Å². The number of rotatable bonds is 4. The van der Waals surface area contributed by atoms with Crippen molar-refractivity contribution < 1.29 is 40.4 Å². The smallest absolute Gasteiger partial charge is 0.0712 e. The highest BCUT2D eigenvalue weighted by Gasteiger charge is 1.58. The highest BCUT2D eigenvalue weighted by Crippen LogP contribution is 1.52. The molecule has 0 aromatic carbocycles. The number of aliphatic hydroxyl groups excluding tert-OH is 6. The first-order valence-corrected chi connectivity index (χ1v) is 4.38. The molecule has 0 unspecified atom stereocenters. The first-order chi connectivity index (χ1) is 7.66. The van der Waals surface area contributed by atoms with Crippen LogP contribution < -0.4 is 0 Å². The van der Waals surface area contributed by atoms with Gasteiger partial charge in [0, 0.05) is 0 Å². The van der Waals surface area contributed by atoms with Gasteiger partial charge in [-0.15, -0.1) is 0 Å². The van der Waals surface area contributed by atoms with Gasteiger partial charge in [-0.05, 0) is 0 Å². The van der Waals surface area contributed by atoms with Crippen LogP contribution in [-0.4, -0.2) is 84.5 Å². The Morgan fingerprint density at radius 2 is 0.625 bits per heavy atom. The van der Waals surface area contributed by atoms with E-state index in [0.717, 1.165) is 0 Å². The lowest BCUT2D eigenvalue weighted by Crippen LogP contribution is -1.85. The molecule has 16 heavy (non-hydrogen) atoms. The summed E-state index contributed by atoms with van der Waals surface area (Å²) in [5.74, 6) is 0. The molecule has 0 saturated carbocycles. The lowest BCUT2D eigenvalue weighted by molar-refractivity contribution is -0.248. The summed E-state index contributed by atoms with van der Waals surface area (Å²) in [6.07, 6.45) is 0. The molecule has 0 heterocycles. The van der Waals surface area contributed by atoms with Crippen molar-refractivity contribution in [1.82, 2.24) is 0 Å². The molecule has 104 valence electrons. The van der Waals surface area contributed by atoms with Crippen LogP contribution in [0.5, 0.6) is 0 Å². The summed E-state index contributed by atoms with van der Waals surface area (Å²) >= 11 is 0. The third-order valence-electron chi connectivity index (χ3n) is 0.467. The first kappa shape index (κ1) is 24.8. The van der Waals surface area contributed by atoms with Crippen LogP contribution >= 0.6 is 0 Å². The van der Waals surface area contributed by atoms with Crippen LogP contribution in [-0.2, 0) is 9.78 Å². The molecule has 6 N–H and O–H groups in total. The summed E-state index contributed by atoms with van der Waals surface area (Å²) in [6, 6.07) is 0. The normalized spacial score (nSPS) is 7.50. The minimum Gasteiger partial charge on any atom is -0.394 e. The van der Waals surface area contributed by atoms with Gasteiger partial charge in [0.1, 0.15) is 0 Å². The fourth-order valence-corrected chi connectivity index (χ4v) is 0. The summed E-state index contributed by atoms with van der Waals surface area (Å²) in [5.41, 5.74) is 0. The van der Waals surface area contributed by atoms with Gasteiger partial charge in [0.05, 0.1) is 53.9 Å². The van der Waals surface area contributed by atoms with Crippen LogP contribution in [0.3, 0.4) is 0 Å². The van der Waals surface area contributed by atoms with E-state index in [1.165, 1.54) is 14.2 Å². The maximum absolute atomic E-state index is 7.62. The lowest BCUT2D eigenvalue weighted by Gasteiger charge is -1.78. The van der Waals surface area contributed by atoms with Crippen LogP contribution in [0, 0.1) is 0 Å². The van der Waals surface area contributed by atoms with Crippen molar-refractivity contribution in [1.29, 1.82) is 0 Å². The van der Waals surface area contributed by atoms with E-state index in [1.807, 2.05) is 0 Å². The molecule has 0 fully saturated rings. The number of hydrogen-bond acceptors (Lipinski definition) is 8. The second-order valence-electron chi connectivity index (χ2n) is 1.67. The van der Waals surface area contributed by atoms with Crippen molar-refractivity contribution in [3.8, 4) is 0 Å². The van der Waals surface area contributed by atoms with E-state index in [2.05, 4.69) is 9.78 Å². The average molecular weight is 248 g/mol. The maximum atomic E-state index is 7.62. The van der Waals surface area contributed by atoms with Gasteiger partial charge in [-0.25, -0.2) is 9.78 Å². The summed E-state index contributed by atoms with van der Waals surface area (Å²) in [4.78, 5) is 8.08. The van der Waals surface area contributed by atoms with Gasteiger partial charge in [-0.3, -0.25) is 0 Å². The van der Waals surface area contributed by atoms with Crippen LogP contribution in [0.4, 0.5) is 0 Å². The molecule has 0 aromatic heterocycles. The Kier molecular flexibility index (Phi) is 72.1. The molecular weight excluding hydrogens is 224 g/mol. The van der Waals surface area contributed by atoms with Crippen molar-refractivity contribution in [2.24, 2.45) is 0 Å². The molecule has 0 aliphatic rings. The van der Waals surface area contributed by atoms with E-state index in [4.69, 9.17) is 30.6 Å². The van der Waals surface area contributed by atoms with Gasteiger partial charge >= 0.3 is 0 Å². The number of hydrogen-bond donors (Lipinski definition) is 6. The molecule has 8 heteroatoms. The summed E-state index contributed by atoms with van der Waals surface area (Å²) < 4.78 is 0. The Morgan fingerprint density at radius 1 is 0.500 bits per heavy atom. The monoisotopic (exact) mass is 248 g/mol. The van der Waals surface area contributed by atoms with Crippen LogP contribution in [0.15, 0.2) is 0 Å². The Bertz CT molecular complexity index is 40.0. The molecular formula is C8H24O8. The zero-order valence-corrected chi connectivity index (χ0v) is 9.74. The molecule has 0 amide bonds. The van der Waals surface area contributed by atoms with Crippen molar-refractivity contribution in [2.45, 2.75) is 0 Å². The van der Waals surface area contributed by atoms with Crippen LogP contribution in [0.25, 0.3) is 0 Å². The summed E-state index contributed by atoms with van der Waals surface area (Å²) in [7, 11) is 2.92.